The summed E-state index contributed by atoms with van der Waals surface area (Å²) in [5.74, 6) is 0. The number of hydrogen-bond acceptors (Lipinski definition) is 9. The summed E-state index contributed by atoms with van der Waals surface area (Å²) in [5.41, 5.74) is 5.53. The van der Waals surface area contributed by atoms with Crippen molar-refractivity contribution < 1.29 is 39.6 Å². The van der Waals surface area contributed by atoms with Gasteiger partial charge in [0.05, 0.1) is 19.8 Å². The Kier molecular flexibility index (Phi) is 22.9. The maximum Gasteiger partial charge on any atom is 0.217 e. The van der Waals surface area contributed by atoms with E-state index in [9.17, 15) is 25.9 Å². The highest BCUT2D eigenvalue weighted by Crippen LogP contribution is 1.81. The minimum absolute atomic E-state index is 0. The van der Waals surface area contributed by atoms with Crippen LogP contribution in [-0.2, 0) is 29.2 Å². The van der Waals surface area contributed by atoms with E-state index in [1.807, 2.05) is 0 Å². The van der Waals surface area contributed by atoms with Gasteiger partial charge in [0, 0.05) is 6.42 Å². The minimum Gasteiger partial charge on any atom is -0.726 e. The van der Waals surface area contributed by atoms with Gasteiger partial charge in [0.1, 0.15) is 6.17 Å². The Morgan fingerprint density at radius 2 is 1.27 bits per heavy atom. The Hall–Kier alpha value is -0.380. The van der Waals surface area contributed by atoms with Crippen LogP contribution in [0.1, 0.15) is 34.1 Å². The summed E-state index contributed by atoms with van der Waals surface area (Å²) in [7, 11) is -8.85. The molecule has 0 radical (unpaired) electrons. The van der Waals surface area contributed by atoms with Crippen LogP contribution in [0.5, 0.6) is 0 Å². The highest BCUT2D eigenvalue weighted by molar-refractivity contribution is 7.81. The van der Waals surface area contributed by atoms with Gasteiger partial charge in [-0.3, -0.25) is 14.1 Å². The van der Waals surface area contributed by atoms with Crippen molar-refractivity contribution in [3.8, 4) is 0 Å². The van der Waals surface area contributed by atoms with Gasteiger partial charge in [-0.05, 0) is 20.8 Å². The zero-order chi connectivity index (χ0) is 17.5. The lowest BCUT2D eigenvalue weighted by Gasteiger charge is -2.02. The average Bonchev–Trinajstić information content (AvgIpc) is 2.27. The highest BCUT2D eigenvalue weighted by Gasteiger charge is 1.94. The fourth-order valence-electron chi connectivity index (χ4n) is 0.758. The number of quaternary nitrogens is 2. The van der Waals surface area contributed by atoms with Crippen LogP contribution in [0.4, 0.5) is 0 Å². The third-order valence-electron chi connectivity index (χ3n) is 1.53. The molecule has 140 valence electrons. The summed E-state index contributed by atoms with van der Waals surface area (Å²) >= 11 is 0. The zero-order valence-corrected chi connectivity index (χ0v) is 15.3. The quantitative estimate of drug-likeness (QED) is 0.272. The first-order chi connectivity index (χ1) is 9.43. The van der Waals surface area contributed by atoms with Crippen molar-refractivity contribution in [2.75, 3.05) is 19.8 Å². The third kappa shape index (κ3) is 42.7. The Labute approximate surface area is 133 Å². The van der Waals surface area contributed by atoms with E-state index in [-0.39, 0.29) is 19.4 Å². The first-order valence-electron chi connectivity index (χ1n) is 6.22. The summed E-state index contributed by atoms with van der Waals surface area (Å²) in [6, 6.07) is 0. The van der Waals surface area contributed by atoms with Crippen molar-refractivity contribution in [2.24, 2.45) is 5.73 Å². The van der Waals surface area contributed by atoms with Crippen molar-refractivity contribution in [1.29, 1.82) is 0 Å². The number of rotatable bonds is 7. The van der Waals surface area contributed by atoms with Gasteiger partial charge in [-0.1, -0.05) is 6.92 Å². The lowest BCUT2D eigenvalue weighted by molar-refractivity contribution is -0.686. The van der Waals surface area contributed by atoms with E-state index in [4.69, 9.17) is 5.73 Å². The first-order valence-corrected chi connectivity index (χ1v) is 8.89. The van der Waals surface area contributed by atoms with Gasteiger partial charge in [0.2, 0.25) is 20.8 Å². The molecule has 0 aromatic heterocycles. The van der Waals surface area contributed by atoms with Crippen LogP contribution in [0.25, 0.3) is 0 Å². The van der Waals surface area contributed by atoms with E-state index in [1.165, 1.54) is 13.8 Å². The monoisotopic (exact) mass is 371 g/mol. The first kappa shape index (κ1) is 29.6. The van der Waals surface area contributed by atoms with Gasteiger partial charge in [-0.15, -0.1) is 0 Å². The van der Waals surface area contributed by atoms with Crippen molar-refractivity contribution in [3.05, 3.63) is 0 Å². The van der Waals surface area contributed by atoms with E-state index in [1.54, 1.807) is 0 Å². The minimum atomic E-state index is -4.42. The van der Waals surface area contributed by atoms with Crippen LogP contribution < -0.4 is 17.2 Å². The fourth-order valence-corrected chi connectivity index (χ4v) is 1.34. The van der Waals surface area contributed by atoms with Crippen LogP contribution >= 0.6 is 0 Å². The maximum atomic E-state index is 9.45. The molecule has 0 aliphatic heterocycles. The molecule has 0 saturated carbocycles. The molecule has 0 amide bonds. The summed E-state index contributed by atoms with van der Waals surface area (Å²) in [4.78, 5) is 0. The van der Waals surface area contributed by atoms with E-state index < -0.39 is 20.8 Å². The van der Waals surface area contributed by atoms with Crippen LogP contribution in [-0.4, -0.2) is 51.9 Å². The molecule has 0 aliphatic rings. The second-order valence-electron chi connectivity index (χ2n) is 3.35. The molecule has 0 bridgehead atoms. The Balaban J connectivity index is -0.000000108. The lowest BCUT2D eigenvalue weighted by Crippen LogP contribution is -2.92. The van der Waals surface area contributed by atoms with Gasteiger partial charge >= 0.3 is 0 Å². The van der Waals surface area contributed by atoms with Crippen LogP contribution in [0.15, 0.2) is 0 Å². The predicted molar refractivity (Wildman–Crippen MR) is 79.4 cm³/mol. The molecule has 22 heavy (non-hydrogen) atoms. The molecule has 8 N–H and O–H groups in total. The standard InChI is InChI=1S/C5H14N2.2C2H6O4S.H3N/c1-3-5(6)7-4-2;2*1-2-6-7(3,4)5;/h5,7H,3-4,6H2,1-2H3;2*2H2,1H3,(H,3,4,5);1H3. The zero-order valence-electron chi connectivity index (χ0n) is 13.6. The summed E-state index contributed by atoms with van der Waals surface area (Å²) in [6.45, 7) is 7.96. The SMILES string of the molecule is CCOS(=O)(=O)[O-].CCOS(=O)(=O)[O-].CC[NH2+]C(N)CC.[NH4+]. The summed E-state index contributed by atoms with van der Waals surface area (Å²) in [5, 5.41) is 2.12. The molecule has 0 spiro atoms. The van der Waals surface area contributed by atoms with Crippen LogP contribution in [0, 0.1) is 0 Å². The Morgan fingerprint density at radius 3 is 1.32 bits per heavy atom. The number of hydrogen-bond donors (Lipinski definition) is 3. The molecule has 1 atom stereocenters. The van der Waals surface area contributed by atoms with Gasteiger partial charge in [-0.25, -0.2) is 16.8 Å². The molecule has 1 unspecified atom stereocenters. The molecule has 0 aliphatic carbocycles. The molecule has 0 saturated heterocycles. The van der Waals surface area contributed by atoms with E-state index in [0.717, 1.165) is 13.0 Å². The second kappa shape index (κ2) is 17.0. The second-order valence-corrected chi connectivity index (χ2v) is 5.45. The topological polar surface area (TPSA) is 212 Å². The molecule has 11 nitrogen and oxygen atoms in total. The molecule has 0 rings (SSSR count). The molecule has 13 heteroatoms. The Bertz CT molecular complexity index is 379. The maximum absolute atomic E-state index is 9.45. The van der Waals surface area contributed by atoms with Crippen LogP contribution in [0.2, 0.25) is 0 Å². The van der Waals surface area contributed by atoms with Gasteiger partial charge in [0.15, 0.2) is 0 Å². The van der Waals surface area contributed by atoms with E-state index >= 15 is 0 Å². The smallest absolute Gasteiger partial charge is 0.217 e. The van der Waals surface area contributed by atoms with Crippen LogP contribution in [0.3, 0.4) is 0 Å². The molecular weight excluding hydrogens is 342 g/mol. The number of nitrogens with two attached hydrogens (primary N) is 2. The molecular formula is C9H29N3O8S2. The molecule has 0 heterocycles. The molecule has 0 fully saturated rings. The van der Waals surface area contributed by atoms with Gasteiger partial charge in [0.25, 0.3) is 0 Å². The summed E-state index contributed by atoms with van der Waals surface area (Å²) < 4.78 is 64.0. The fraction of sp³-hybridized carbons (Fsp3) is 1.00. The van der Waals surface area contributed by atoms with Gasteiger partial charge < -0.3 is 20.6 Å². The van der Waals surface area contributed by atoms with E-state index in [0.29, 0.717) is 6.17 Å². The molecule has 0 aromatic rings. The van der Waals surface area contributed by atoms with Gasteiger partial charge in [-0.2, -0.15) is 0 Å². The third-order valence-corrected chi connectivity index (χ3v) is 2.58. The largest absolute Gasteiger partial charge is 0.726 e. The molecule has 0 aromatic carbocycles. The van der Waals surface area contributed by atoms with Crippen molar-refractivity contribution >= 4 is 20.8 Å². The van der Waals surface area contributed by atoms with E-state index in [2.05, 4.69) is 27.5 Å². The van der Waals surface area contributed by atoms with Crippen molar-refractivity contribution in [2.45, 2.75) is 40.3 Å². The van der Waals surface area contributed by atoms with Crippen molar-refractivity contribution in [3.63, 3.8) is 0 Å². The predicted octanol–water partition coefficient (Wildman–Crippen LogP) is -1.39. The van der Waals surface area contributed by atoms with Crippen molar-refractivity contribution in [1.82, 2.24) is 6.15 Å². The normalized spacial score (nSPS) is 12.0. The Morgan fingerprint density at radius 1 is 0.955 bits per heavy atom. The summed E-state index contributed by atoms with van der Waals surface area (Å²) in [6.07, 6.45) is 1.39. The highest BCUT2D eigenvalue weighted by atomic mass is 32.3. The average molecular weight is 371 g/mol. The lowest BCUT2D eigenvalue weighted by atomic mass is 10.4.